The van der Waals surface area contributed by atoms with E-state index < -0.39 is 12.0 Å². The fraction of sp³-hybridized carbons (Fsp3) is 0.538. The van der Waals surface area contributed by atoms with Gasteiger partial charge in [0.15, 0.2) is 0 Å². The molecule has 2 heterocycles. The molecule has 1 aliphatic heterocycles. The SMILES string of the molecule is Cc1ccc(C(C)N2CCNC(=O)C2CC(=O)O)o1. The molecule has 1 saturated heterocycles. The van der Waals surface area contributed by atoms with Crippen LogP contribution in [0.2, 0.25) is 0 Å². The molecule has 104 valence electrons. The third kappa shape index (κ3) is 2.96. The Labute approximate surface area is 111 Å². The first kappa shape index (κ1) is 13.6. The van der Waals surface area contributed by atoms with Gasteiger partial charge in [-0.05, 0) is 26.0 Å². The molecule has 0 radical (unpaired) electrons. The average Bonchev–Trinajstić information content (AvgIpc) is 2.77. The monoisotopic (exact) mass is 266 g/mol. The Bertz CT molecular complexity index is 483. The van der Waals surface area contributed by atoms with E-state index in [9.17, 15) is 9.59 Å². The summed E-state index contributed by atoms with van der Waals surface area (Å²) in [5.74, 6) is 0.347. The number of hydrogen-bond donors (Lipinski definition) is 2. The highest BCUT2D eigenvalue weighted by molar-refractivity contribution is 5.86. The summed E-state index contributed by atoms with van der Waals surface area (Å²) in [5, 5.41) is 11.6. The van der Waals surface area contributed by atoms with E-state index in [0.717, 1.165) is 11.5 Å². The summed E-state index contributed by atoms with van der Waals surface area (Å²) in [6.45, 7) is 4.92. The van der Waals surface area contributed by atoms with Crippen LogP contribution in [0.25, 0.3) is 0 Å². The van der Waals surface area contributed by atoms with Crippen LogP contribution in [0.4, 0.5) is 0 Å². The summed E-state index contributed by atoms with van der Waals surface area (Å²) in [7, 11) is 0. The van der Waals surface area contributed by atoms with Gasteiger partial charge in [0.25, 0.3) is 0 Å². The van der Waals surface area contributed by atoms with Crippen LogP contribution in [0.5, 0.6) is 0 Å². The second-order valence-electron chi connectivity index (χ2n) is 4.77. The lowest BCUT2D eigenvalue weighted by atomic mass is 10.1. The number of carboxylic acids is 1. The zero-order valence-corrected chi connectivity index (χ0v) is 11.0. The van der Waals surface area contributed by atoms with Crippen molar-refractivity contribution >= 4 is 11.9 Å². The van der Waals surface area contributed by atoms with Crippen molar-refractivity contribution in [2.24, 2.45) is 0 Å². The van der Waals surface area contributed by atoms with Crippen molar-refractivity contribution in [1.82, 2.24) is 10.2 Å². The number of piperazine rings is 1. The summed E-state index contributed by atoms with van der Waals surface area (Å²) in [6, 6.07) is 2.96. The molecule has 1 amide bonds. The van der Waals surface area contributed by atoms with E-state index >= 15 is 0 Å². The van der Waals surface area contributed by atoms with Gasteiger partial charge in [0.05, 0.1) is 12.5 Å². The van der Waals surface area contributed by atoms with Crippen LogP contribution in [-0.4, -0.2) is 41.0 Å². The topological polar surface area (TPSA) is 82.8 Å². The molecule has 6 nitrogen and oxygen atoms in total. The summed E-state index contributed by atoms with van der Waals surface area (Å²) in [6.07, 6.45) is -0.199. The van der Waals surface area contributed by atoms with Gasteiger partial charge in [-0.3, -0.25) is 14.5 Å². The van der Waals surface area contributed by atoms with E-state index in [1.54, 1.807) is 0 Å². The summed E-state index contributed by atoms with van der Waals surface area (Å²) in [4.78, 5) is 24.6. The van der Waals surface area contributed by atoms with E-state index in [1.807, 2.05) is 30.9 Å². The molecule has 2 N–H and O–H groups in total. The van der Waals surface area contributed by atoms with Crippen molar-refractivity contribution in [1.29, 1.82) is 0 Å². The van der Waals surface area contributed by atoms with Crippen molar-refractivity contribution in [2.45, 2.75) is 32.4 Å². The Morgan fingerprint density at radius 2 is 2.37 bits per heavy atom. The molecule has 0 spiro atoms. The van der Waals surface area contributed by atoms with Crippen molar-refractivity contribution in [3.8, 4) is 0 Å². The molecule has 2 atom stereocenters. The van der Waals surface area contributed by atoms with Gasteiger partial charge in [0.1, 0.15) is 17.6 Å². The molecule has 0 aliphatic carbocycles. The van der Waals surface area contributed by atoms with Crippen LogP contribution in [0.15, 0.2) is 16.5 Å². The first-order valence-corrected chi connectivity index (χ1v) is 6.30. The van der Waals surface area contributed by atoms with E-state index in [4.69, 9.17) is 9.52 Å². The minimum atomic E-state index is -0.977. The molecule has 2 rings (SSSR count). The van der Waals surface area contributed by atoms with Gasteiger partial charge >= 0.3 is 5.97 Å². The van der Waals surface area contributed by atoms with Crippen LogP contribution < -0.4 is 5.32 Å². The summed E-state index contributed by atoms with van der Waals surface area (Å²) >= 11 is 0. The predicted molar refractivity (Wildman–Crippen MR) is 67.6 cm³/mol. The van der Waals surface area contributed by atoms with Crippen LogP contribution >= 0.6 is 0 Å². The molecular weight excluding hydrogens is 248 g/mol. The fourth-order valence-electron chi connectivity index (χ4n) is 2.41. The first-order valence-electron chi connectivity index (χ1n) is 6.30. The van der Waals surface area contributed by atoms with Gasteiger partial charge in [0, 0.05) is 13.1 Å². The summed E-state index contributed by atoms with van der Waals surface area (Å²) < 4.78 is 5.57. The number of nitrogens with one attached hydrogen (secondary N) is 1. The minimum Gasteiger partial charge on any atom is -0.481 e. The van der Waals surface area contributed by atoms with Gasteiger partial charge in [-0.2, -0.15) is 0 Å². The van der Waals surface area contributed by atoms with Crippen LogP contribution in [0.3, 0.4) is 0 Å². The number of carbonyl (C=O) groups excluding carboxylic acids is 1. The van der Waals surface area contributed by atoms with E-state index in [0.29, 0.717) is 13.1 Å². The molecule has 1 aromatic heterocycles. The minimum absolute atomic E-state index is 0.121. The maximum Gasteiger partial charge on any atom is 0.305 e. The smallest absolute Gasteiger partial charge is 0.305 e. The Morgan fingerprint density at radius 3 is 2.95 bits per heavy atom. The highest BCUT2D eigenvalue weighted by Crippen LogP contribution is 2.26. The lowest BCUT2D eigenvalue weighted by molar-refractivity contribution is -0.144. The molecule has 1 aliphatic rings. The van der Waals surface area contributed by atoms with E-state index in [1.165, 1.54) is 0 Å². The maximum atomic E-state index is 11.8. The third-order valence-electron chi connectivity index (χ3n) is 3.41. The molecule has 0 saturated carbocycles. The van der Waals surface area contributed by atoms with Crippen LogP contribution in [0.1, 0.15) is 30.9 Å². The largest absolute Gasteiger partial charge is 0.481 e. The van der Waals surface area contributed by atoms with Gasteiger partial charge < -0.3 is 14.8 Å². The van der Waals surface area contributed by atoms with Gasteiger partial charge in [-0.1, -0.05) is 0 Å². The second-order valence-corrected chi connectivity index (χ2v) is 4.77. The standard InChI is InChI=1S/C13H18N2O4/c1-8-3-4-11(19-8)9(2)15-6-5-14-13(18)10(15)7-12(16)17/h3-4,9-10H,5-7H2,1-2H3,(H,14,18)(H,16,17). The molecule has 0 bridgehead atoms. The lowest BCUT2D eigenvalue weighted by Crippen LogP contribution is -2.56. The first-order chi connectivity index (χ1) is 8.99. The molecule has 0 aromatic carbocycles. The van der Waals surface area contributed by atoms with Crippen LogP contribution in [-0.2, 0) is 9.59 Å². The predicted octanol–water partition coefficient (Wildman–Crippen LogP) is 0.924. The Morgan fingerprint density at radius 1 is 1.63 bits per heavy atom. The average molecular weight is 266 g/mol. The fourth-order valence-corrected chi connectivity index (χ4v) is 2.41. The Hall–Kier alpha value is -1.82. The van der Waals surface area contributed by atoms with Gasteiger partial charge in [-0.25, -0.2) is 0 Å². The lowest BCUT2D eigenvalue weighted by Gasteiger charge is -2.37. The number of carbonyl (C=O) groups is 2. The number of hydrogen-bond acceptors (Lipinski definition) is 4. The Balaban J connectivity index is 2.19. The van der Waals surface area contributed by atoms with Gasteiger partial charge in [0.2, 0.25) is 5.91 Å². The number of rotatable bonds is 4. The second kappa shape index (κ2) is 5.44. The molecule has 19 heavy (non-hydrogen) atoms. The highest BCUT2D eigenvalue weighted by Gasteiger charge is 2.35. The number of nitrogens with zero attached hydrogens (tertiary/aromatic N) is 1. The number of amides is 1. The van der Waals surface area contributed by atoms with E-state index in [-0.39, 0.29) is 18.4 Å². The third-order valence-corrected chi connectivity index (χ3v) is 3.41. The Kier molecular flexibility index (Phi) is 3.90. The quantitative estimate of drug-likeness (QED) is 0.847. The van der Waals surface area contributed by atoms with Crippen molar-refractivity contribution in [2.75, 3.05) is 13.1 Å². The number of carboxylic acid groups (broad SMARTS) is 1. The zero-order chi connectivity index (χ0) is 14.0. The van der Waals surface area contributed by atoms with Crippen molar-refractivity contribution in [3.63, 3.8) is 0 Å². The molecule has 1 aromatic rings. The number of aliphatic carboxylic acids is 1. The van der Waals surface area contributed by atoms with Crippen LogP contribution in [0, 0.1) is 6.92 Å². The molecular formula is C13H18N2O4. The van der Waals surface area contributed by atoms with E-state index in [2.05, 4.69) is 5.32 Å². The maximum absolute atomic E-state index is 11.8. The van der Waals surface area contributed by atoms with Crippen molar-refractivity contribution in [3.05, 3.63) is 23.7 Å². The molecule has 1 fully saturated rings. The number of aryl methyl sites for hydroxylation is 1. The molecule has 2 unspecified atom stereocenters. The normalized spacial score (nSPS) is 22.0. The van der Waals surface area contributed by atoms with Gasteiger partial charge in [-0.15, -0.1) is 0 Å². The zero-order valence-electron chi connectivity index (χ0n) is 11.0. The highest BCUT2D eigenvalue weighted by atomic mass is 16.4. The van der Waals surface area contributed by atoms with Crippen molar-refractivity contribution < 1.29 is 19.1 Å². The molecule has 6 heteroatoms. The number of furan rings is 1. The summed E-state index contributed by atoms with van der Waals surface area (Å²) in [5.41, 5.74) is 0.